The fourth-order valence-electron chi connectivity index (χ4n) is 3.50. The third-order valence-electron chi connectivity index (χ3n) is 4.96. The predicted octanol–water partition coefficient (Wildman–Crippen LogP) is 1.77. The number of rotatable bonds is 2. The van der Waals surface area contributed by atoms with E-state index in [0.29, 0.717) is 39.0 Å². The van der Waals surface area contributed by atoms with Gasteiger partial charge in [0, 0.05) is 57.6 Å². The van der Waals surface area contributed by atoms with Crippen LogP contribution in [0.4, 0.5) is 10.6 Å². The Kier molecular flexibility index (Phi) is 5.82. The Morgan fingerprint density at radius 3 is 2.22 bits per heavy atom. The Morgan fingerprint density at radius 2 is 1.67 bits per heavy atom. The number of piperidine rings is 1. The second-order valence-electron chi connectivity index (χ2n) is 8.12. The third-order valence-corrected chi connectivity index (χ3v) is 4.96. The molecule has 0 bridgehead atoms. The minimum atomic E-state index is -0.493. The summed E-state index contributed by atoms with van der Waals surface area (Å²) in [6.45, 7) is 9.66. The highest BCUT2D eigenvalue weighted by Crippen LogP contribution is 2.23. The number of nitrogens with zero attached hydrogens (tertiary/aromatic N) is 5. The lowest BCUT2D eigenvalue weighted by Crippen LogP contribution is -2.52. The molecular formula is C19H29N5O3. The van der Waals surface area contributed by atoms with Crippen molar-refractivity contribution < 1.29 is 14.3 Å². The highest BCUT2D eigenvalue weighted by molar-refractivity contribution is 5.79. The molecule has 1 aromatic rings. The Hall–Kier alpha value is -2.38. The van der Waals surface area contributed by atoms with E-state index in [1.165, 1.54) is 0 Å². The minimum absolute atomic E-state index is 0.00764. The third kappa shape index (κ3) is 5.08. The molecule has 2 saturated heterocycles. The Labute approximate surface area is 160 Å². The number of piperazine rings is 1. The number of hydrogen-bond acceptors (Lipinski definition) is 6. The molecule has 27 heavy (non-hydrogen) atoms. The van der Waals surface area contributed by atoms with Crippen molar-refractivity contribution in [3.63, 3.8) is 0 Å². The molecule has 0 aromatic carbocycles. The average Bonchev–Trinajstić information content (AvgIpc) is 2.67. The van der Waals surface area contributed by atoms with Gasteiger partial charge in [-0.3, -0.25) is 9.78 Å². The topological polar surface area (TPSA) is 78.9 Å². The van der Waals surface area contributed by atoms with E-state index in [9.17, 15) is 9.59 Å². The molecule has 2 amide bonds. The quantitative estimate of drug-likeness (QED) is 0.784. The van der Waals surface area contributed by atoms with Gasteiger partial charge in [-0.25, -0.2) is 9.78 Å². The van der Waals surface area contributed by atoms with Crippen LogP contribution in [0.1, 0.15) is 33.6 Å². The zero-order valence-electron chi connectivity index (χ0n) is 16.4. The summed E-state index contributed by atoms with van der Waals surface area (Å²) in [5.74, 6) is 1.06. The number of ether oxygens (including phenoxy) is 1. The van der Waals surface area contributed by atoms with Crippen molar-refractivity contribution in [1.82, 2.24) is 19.8 Å². The molecule has 2 fully saturated rings. The molecule has 3 heterocycles. The number of likely N-dealkylation sites (tertiary alicyclic amines) is 1. The van der Waals surface area contributed by atoms with Gasteiger partial charge in [-0.1, -0.05) is 0 Å². The molecule has 2 aliphatic heterocycles. The first-order valence-corrected chi connectivity index (χ1v) is 9.61. The maximum atomic E-state index is 12.8. The maximum Gasteiger partial charge on any atom is 0.410 e. The first-order valence-electron chi connectivity index (χ1n) is 9.61. The van der Waals surface area contributed by atoms with Crippen molar-refractivity contribution in [3.8, 4) is 0 Å². The van der Waals surface area contributed by atoms with Gasteiger partial charge in [0.25, 0.3) is 0 Å². The van der Waals surface area contributed by atoms with Gasteiger partial charge in [-0.05, 0) is 33.6 Å². The first-order chi connectivity index (χ1) is 12.8. The SMILES string of the molecule is CC(C)(C)OC(=O)N1CCC(C(=O)N2CCN(c3cnccn3)CC2)CC1. The lowest BCUT2D eigenvalue weighted by molar-refractivity contribution is -0.137. The van der Waals surface area contributed by atoms with Crippen molar-refractivity contribution in [2.45, 2.75) is 39.2 Å². The van der Waals surface area contributed by atoms with E-state index in [-0.39, 0.29) is 17.9 Å². The van der Waals surface area contributed by atoms with Gasteiger partial charge in [0.1, 0.15) is 11.4 Å². The van der Waals surface area contributed by atoms with Crippen molar-refractivity contribution in [1.29, 1.82) is 0 Å². The van der Waals surface area contributed by atoms with Gasteiger partial charge < -0.3 is 19.4 Å². The first kappa shape index (κ1) is 19.4. The van der Waals surface area contributed by atoms with Crippen LogP contribution in [0.25, 0.3) is 0 Å². The predicted molar refractivity (Wildman–Crippen MR) is 101 cm³/mol. The second-order valence-corrected chi connectivity index (χ2v) is 8.12. The number of hydrogen-bond donors (Lipinski definition) is 0. The van der Waals surface area contributed by atoms with E-state index in [0.717, 1.165) is 18.9 Å². The zero-order chi connectivity index (χ0) is 19.4. The van der Waals surface area contributed by atoms with Gasteiger partial charge >= 0.3 is 6.09 Å². The molecule has 2 aliphatic rings. The fourth-order valence-corrected chi connectivity index (χ4v) is 3.50. The number of carbonyl (C=O) groups is 2. The van der Waals surface area contributed by atoms with Crippen LogP contribution in [-0.2, 0) is 9.53 Å². The van der Waals surface area contributed by atoms with Gasteiger partial charge in [0.2, 0.25) is 5.91 Å². The molecule has 0 atom stereocenters. The summed E-state index contributed by atoms with van der Waals surface area (Å²) in [5.41, 5.74) is -0.493. The molecule has 0 aliphatic carbocycles. The summed E-state index contributed by atoms with van der Waals surface area (Å²) >= 11 is 0. The van der Waals surface area contributed by atoms with E-state index >= 15 is 0 Å². The molecule has 0 spiro atoms. The van der Waals surface area contributed by atoms with Crippen LogP contribution in [0.2, 0.25) is 0 Å². The molecule has 148 valence electrons. The maximum absolute atomic E-state index is 12.8. The van der Waals surface area contributed by atoms with Crippen LogP contribution in [0, 0.1) is 5.92 Å². The van der Waals surface area contributed by atoms with Gasteiger partial charge in [0.15, 0.2) is 0 Å². The van der Waals surface area contributed by atoms with Crippen LogP contribution in [0.3, 0.4) is 0 Å². The van der Waals surface area contributed by atoms with Gasteiger partial charge in [-0.15, -0.1) is 0 Å². The van der Waals surface area contributed by atoms with E-state index in [4.69, 9.17) is 4.74 Å². The second kappa shape index (κ2) is 8.10. The Balaban J connectivity index is 1.45. The minimum Gasteiger partial charge on any atom is -0.444 e. The number of carbonyl (C=O) groups excluding carboxylic acids is 2. The molecule has 0 radical (unpaired) electrons. The van der Waals surface area contributed by atoms with Crippen molar-refractivity contribution in [2.75, 3.05) is 44.2 Å². The number of anilines is 1. The Morgan fingerprint density at radius 1 is 1.00 bits per heavy atom. The zero-order valence-corrected chi connectivity index (χ0v) is 16.4. The van der Waals surface area contributed by atoms with E-state index in [1.807, 2.05) is 25.7 Å². The van der Waals surface area contributed by atoms with Crippen LogP contribution < -0.4 is 4.90 Å². The van der Waals surface area contributed by atoms with Crippen molar-refractivity contribution in [3.05, 3.63) is 18.6 Å². The van der Waals surface area contributed by atoms with Crippen LogP contribution in [0.5, 0.6) is 0 Å². The number of amides is 2. The highest BCUT2D eigenvalue weighted by Gasteiger charge is 2.33. The summed E-state index contributed by atoms with van der Waals surface area (Å²) in [6.07, 6.45) is 6.21. The van der Waals surface area contributed by atoms with Gasteiger partial charge in [-0.2, -0.15) is 0 Å². The summed E-state index contributed by atoms with van der Waals surface area (Å²) in [7, 11) is 0. The molecule has 8 heteroatoms. The molecular weight excluding hydrogens is 346 g/mol. The summed E-state index contributed by atoms with van der Waals surface area (Å²) < 4.78 is 5.42. The summed E-state index contributed by atoms with van der Waals surface area (Å²) in [5, 5.41) is 0. The monoisotopic (exact) mass is 375 g/mol. The largest absolute Gasteiger partial charge is 0.444 e. The smallest absolute Gasteiger partial charge is 0.410 e. The Bertz CT molecular complexity index is 645. The van der Waals surface area contributed by atoms with E-state index in [1.54, 1.807) is 23.5 Å². The van der Waals surface area contributed by atoms with E-state index in [2.05, 4.69) is 14.9 Å². The standard InChI is InChI=1S/C19H29N5O3/c1-19(2,3)27-18(26)24-8-4-15(5-9-24)17(25)23-12-10-22(11-13-23)16-14-20-6-7-21-16/h6-7,14-15H,4-5,8-13H2,1-3H3. The average molecular weight is 375 g/mol. The van der Waals surface area contributed by atoms with E-state index < -0.39 is 5.60 Å². The highest BCUT2D eigenvalue weighted by atomic mass is 16.6. The van der Waals surface area contributed by atoms with Crippen molar-refractivity contribution >= 4 is 17.8 Å². The normalized spacial score (nSPS) is 19.1. The van der Waals surface area contributed by atoms with Crippen LogP contribution >= 0.6 is 0 Å². The lowest BCUT2D eigenvalue weighted by atomic mass is 9.95. The molecule has 0 unspecified atom stereocenters. The van der Waals surface area contributed by atoms with Crippen molar-refractivity contribution in [2.24, 2.45) is 5.92 Å². The summed E-state index contributed by atoms with van der Waals surface area (Å²) in [6, 6.07) is 0. The lowest BCUT2D eigenvalue weighted by Gasteiger charge is -2.39. The van der Waals surface area contributed by atoms with Crippen LogP contribution in [0.15, 0.2) is 18.6 Å². The molecule has 8 nitrogen and oxygen atoms in total. The number of aromatic nitrogens is 2. The molecule has 1 aromatic heterocycles. The van der Waals surface area contributed by atoms with Gasteiger partial charge in [0.05, 0.1) is 6.20 Å². The fraction of sp³-hybridized carbons (Fsp3) is 0.684. The molecule has 3 rings (SSSR count). The molecule has 0 saturated carbocycles. The summed E-state index contributed by atoms with van der Waals surface area (Å²) in [4.78, 5) is 39.2. The van der Waals surface area contributed by atoms with Crippen LogP contribution in [-0.4, -0.2) is 76.6 Å². The molecule has 0 N–H and O–H groups in total.